The van der Waals surface area contributed by atoms with Crippen LogP contribution in [0.15, 0.2) is 16.3 Å². The number of hydrogen-bond acceptors (Lipinski definition) is 6. The molecule has 0 spiro atoms. The number of thiophene rings is 1. The monoisotopic (exact) mass is 320 g/mol. The summed E-state index contributed by atoms with van der Waals surface area (Å²) in [6, 6.07) is 2.61. The van der Waals surface area contributed by atoms with Crippen molar-refractivity contribution in [2.45, 2.75) is 4.21 Å². The van der Waals surface area contributed by atoms with Crippen molar-refractivity contribution in [3.63, 3.8) is 0 Å². The Hall–Kier alpha value is -1.00. The number of sulfonamides is 1. The maximum atomic E-state index is 12.0. The molecule has 0 atom stereocenters. The molecule has 1 saturated heterocycles. The number of carboxylic acids is 1. The van der Waals surface area contributed by atoms with Crippen LogP contribution in [-0.4, -0.2) is 63.8 Å². The van der Waals surface area contributed by atoms with Crippen molar-refractivity contribution in [2.75, 3.05) is 39.4 Å². The van der Waals surface area contributed by atoms with Crippen LogP contribution in [0.3, 0.4) is 0 Å². The molecule has 0 unspecified atom stereocenters. The Morgan fingerprint density at radius 2 is 2.10 bits per heavy atom. The molecular weight excluding hydrogens is 304 g/mol. The molecule has 0 bridgehead atoms. The molecule has 0 amide bonds. The van der Waals surface area contributed by atoms with Crippen LogP contribution in [0.25, 0.3) is 0 Å². The van der Waals surface area contributed by atoms with E-state index in [0.717, 1.165) is 24.4 Å². The Balaban J connectivity index is 1.88. The molecule has 20 heavy (non-hydrogen) atoms. The smallest absolute Gasteiger partial charge is 0.345 e. The van der Waals surface area contributed by atoms with Crippen molar-refractivity contribution < 1.29 is 23.1 Å². The third-order valence-electron chi connectivity index (χ3n) is 2.88. The summed E-state index contributed by atoms with van der Waals surface area (Å²) in [5, 5.41) is 8.79. The van der Waals surface area contributed by atoms with Crippen LogP contribution in [0.5, 0.6) is 0 Å². The van der Waals surface area contributed by atoms with Crippen LogP contribution in [-0.2, 0) is 14.8 Å². The first-order chi connectivity index (χ1) is 9.49. The van der Waals surface area contributed by atoms with Crippen molar-refractivity contribution in [2.24, 2.45) is 0 Å². The zero-order valence-electron chi connectivity index (χ0n) is 10.7. The van der Waals surface area contributed by atoms with Gasteiger partial charge >= 0.3 is 5.97 Å². The number of hydrogen-bond donors (Lipinski definition) is 2. The van der Waals surface area contributed by atoms with E-state index in [9.17, 15) is 13.2 Å². The zero-order chi connectivity index (χ0) is 14.6. The van der Waals surface area contributed by atoms with Gasteiger partial charge < -0.3 is 9.84 Å². The number of carbonyl (C=O) groups is 1. The number of ether oxygens (including phenoxy) is 1. The molecule has 2 heterocycles. The predicted octanol–water partition coefficient (Wildman–Crippen LogP) is 0.0568. The number of nitrogens with one attached hydrogen (secondary N) is 1. The van der Waals surface area contributed by atoms with Crippen LogP contribution < -0.4 is 4.72 Å². The molecule has 1 aromatic rings. The second-order valence-corrected chi connectivity index (χ2v) is 7.35. The number of aromatic carboxylic acids is 1. The number of morpholine rings is 1. The van der Waals surface area contributed by atoms with Crippen LogP contribution in [0, 0.1) is 0 Å². The van der Waals surface area contributed by atoms with Gasteiger partial charge in [-0.25, -0.2) is 17.9 Å². The van der Waals surface area contributed by atoms with E-state index >= 15 is 0 Å². The van der Waals surface area contributed by atoms with Crippen LogP contribution in [0.4, 0.5) is 0 Å². The van der Waals surface area contributed by atoms with E-state index < -0.39 is 16.0 Å². The minimum absolute atomic E-state index is 0.0126. The molecule has 9 heteroatoms. The normalized spacial score (nSPS) is 17.2. The highest BCUT2D eigenvalue weighted by molar-refractivity contribution is 7.91. The Kier molecular flexibility index (Phi) is 5.11. The molecule has 2 rings (SSSR count). The van der Waals surface area contributed by atoms with Gasteiger partial charge in [0.2, 0.25) is 10.0 Å². The molecule has 2 N–H and O–H groups in total. The summed E-state index contributed by atoms with van der Waals surface area (Å²) in [4.78, 5) is 12.9. The molecule has 0 aliphatic carbocycles. The fraction of sp³-hybridized carbons (Fsp3) is 0.545. The van der Waals surface area contributed by atoms with Gasteiger partial charge in [0.05, 0.1) is 13.2 Å². The molecular formula is C11H16N2O5S2. The highest BCUT2D eigenvalue weighted by Crippen LogP contribution is 2.21. The zero-order valence-corrected chi connectivity index (χ0v) is 12.4. The average Bonchev–Trinajstić information content (AvgIpc) is 2.90. The second kappa shape index (κ2) is 6.64. The first-order valence-corrected chi connectivity index (χ1v) is 8.42. The summed E-state index contributed by atoms with van der Waals surface area (Å²) in [7, 11) is -3.63. The Bertz CT molecular complexity index is 563. The molecule has 1 fully saturated rings. The molecule has 1 aliphatic rings. The Labute approximate surface area is 121 Å². The number of rotatable bonds is 6. The molecule has 1 aliphatic heterocycles. The van der Waals surface area contributed by atoms with Crippen molar-refractivity contribution in [3.05, 3.63) is 17.0 Å². The lowest BCUT2D eigenvalue weighted by Gasteiger charge is -2.26. The fourth-order valence-corrected chi connectivity index (χ4v) is 4.02. The van der Waals surface area contributed by atoms with E-state index in [4.69, 9.17) is 9.84 Å². The summed E-state index contributed by atoms with van der Waals surface area (Å²) in [6.07, 6.45) is 0. The van der Waals surface area contributed by atoms with Crippen LogP contribution >= 0.6 is 11.3 Å². The minimum atomic E-state index is -3.63. The summed E-state index contributed by atoms with van der Waals surface area (Å²) in [5.74, 6) is -1.12. The quantitative estimate of drug-likeness (QED) is 0.769. The maximum Gasteiger partial charge on any atom is 0.345 e. The Morgan fingerprint density at radius 3 is 2.70 bits per heavy atom. The predicted molar refractivity (Wildman–Crippen MR) is 73.7 cm³/mol. The van der Waals surface area contributed by atoms with Gasteiger partial charge in [-0.1, -0.05) is 0 Å². The molecule has 0 radical (unpaired) electrons. The lowest BCUT2D eigenvalue weighted by atomic mass is 10.4. The average molecular weight is 320 g/mol. The number of nitrogens with zero attached hydrogens (tertiary/aromatic N) is 1. The maximum absolute atomic E-state index is 12.0. The SMILES string of the molecule is O=C(O)c1ccc(S(=O)(=O)NCCN2CCOCC2)s1. The summed E-state index contributed by atoms with van der Waals surface area (Å²) in [5.41, 5.74) is 0. The lowest BCUT2D eigenvalue weighted by Crippen LogP contribution is -2.41. The topological polar surface area (TPSA) is 95.9 Å². The molecule has 112 valence electrons. The van der Waals surface area contributed by atoms with E-state index in [2.05, 4.69) is 9.62 Å². The number of carboxylic acid groups (broad SMARTS) is 1. The van der Waals surface area contributed by atoms with Gasteiger partial charge in [-0.3, -0.25) is 4.90 Å². The summed E-state index contributed by atoms with van der Waals surface area (Å²) in [6.45, 7) is 3.83. The van der Waals surface area contributed by atoms with Crippen molar-refractivity contribution in [3.8, 4) is 0 Å². The minimum Gasteiger partial charge on any atom is -0.477 e. The first kappa shape index (κ1) is 15.4. The van der Waals surface area contributed by atoms with Gasteiger partial charge in [-0.2, -0.15) is 0 Å². The largest absolute Gasteiger partial charge is 0.477 e. The van der Waals surface area contributed by atoms with E-state index in [1.807, 2.05) is 0 Å². The highest BCUT2D eigenvalue weighted by Gasteiger charge is 2.19. The van der Waals surface area contributed by atoms with Crippen molar-refractivity contribution in [1.82, 2.24) is 9.62 Å². The molecule has 0 aromatic carbocycles. The van der Waals surface area contributed by atoms with Crippen molar-refractivity contribution in [1.29, 1.82) is 0 Å². The van der Waals surface area contributed by atoms with Gasteiger partial charge in [0.1, 0.15) is 9.09 Å². The highest BCUT2D eigenvalue weighted by atomic mass is 32.2. The summed E-state index contributed by atoms with van der Waals surface area (Å²) >= 11 is 0.750. The lowest BCUT2D eigenvalue weighted by molar-refractivity contribution is 0.0390. The van der Waals surface area contributed by atoms with Crippen LogP contribution in [0.2, 0.25) is 0 Å². The summed E-state index contributed by atoms with van der Waals surface area (Å²) < 4.78 is 31.7. The first-order valence-electron chi connectivity index (χ1n) is 6.12. The van der Waals surface area contributed by atoms with E-state index in [1.165, 1.54) is 12.1 Å². The van der Waals surface area contributed by atoms with E-state index in [1.54, 1.807) is 0 Å². The van der Waals surface area contributed by atoms with E-state index in [0.29, 0.717) is 26.3 Å². The van der Waals surface area contributed by atoms with E-state index in [-0.39, 0.29) is 9.09 Å². The molecule has 1 aromatic heterocycles. The fourth-order valence-electron chi connectivity index (χ4n) is 1.81. The van der Waals surface area contributed by atoms with Crippen molar-refractivity contribution >= 4 is 27.3 Å². The van der Waals surface area contributed by atoms with Gasteiger partial charge in [-0.15, -0.1) is 11.3 Å². The Morgan fingerprint density at radius 1 is 1.40 bits per heavy atom. The standard InChI is InChI=1S/C11H16N2O5S2/c14-11(15)9-1-2-10(19-9)20(16,17)12-3-4-13-5-7-18-8-6-13/h1-2,12H,3-8H2,(H,14,15). The van der Waals surface area contributed by atoms with Gasteiger partial charge in [0.15, 0.2) is 0 Å². The third-order valence-corrected chi connectivity index (χ3v) is 5.91. The van der Waals surface area contributed by atoms with Gasteiger partial charge in [-0.05, 0) is 12.1 Å². The van der Waals surface area contributed by atoms with Gasteiger partial charge in [0, 0.05) is 26.2 Å². The van der Waals surface area contributed by atoms with Crippen LogP contribution in [0.1, 0.15) is 9.67 Å². The second-order valence-electron chi connectivity index (χ2n) is 4.28. The molecule has 0 saturated carbocycles. The third kappa shape index (κ3) is 4.00. The van der Waals surface area contributed by atoms with Gasteiger partial charge in [0.25, 0.3) is 0 Å². The molecule has 7 nitrogen and oxygen atoms in total.